The Morgan fingerprint density at radius 3 is 2.88 bits per heavy atom. The summed E-state index contributed by atoms with van der Waals surface area (Å²) in [6.45, 7) is 0. The van der Waals surface area contributed by atoms with Crippen LogP contribution in [0, 0.1) is 5.82 Å². The summed E-state index contributed by atoms with van der Waals surface area (Å²) in [5.74, 6) is -0.995. The molecule has 88 valence electrons. The molecule has 0 spiro atoms. The molecule has 0 aliphatic rings. The normalized spacial score (nSPS) is 10.3. The van der Waals surface area contributed by atoms with Gasteiger partial charge in [-0.25, -0.2) is 4.39 Å². The second-order valence-corrected chi connectivity index (χ2v) is 5.89. The van der Waals surface area contributed by atoms with Gasteiger partial charge in [-0.1, -0.05) is 17.7 Å². The summed E-state index contributed by atoms with van der Waals surface area (Å²) in [6, 6.07) is 6.13. The quantitative estimate of drug-likeness (QED) is 0.857. The summed E-state index contributed by atoms with van der Waals surface area (Å²) in [7, 11) is 0. The van der Waals surface area contributed by atoms with E-state index in [9.17, 15) is 9.18 Å². The fraction of sp³-hybridized carbons (Fsp3) is 0. The minimum atomic E-state index is -0.628. The van der Waals surface area contributed by atoms with E-state index in [1.54, 1.807) is 17.5 Å². The fourth-order valence-corrected chi connectivity index (χ4v) is 2.54. The molecule has 1 amide bonds. The van der Waals surface area contributed by atoms with Crippen LogP contribution in [0.1, 0.15) is 10.4 Å². The molecule has 2 aromatic rings. The minimum absolute atomic E-state index is 0.0192. The van der Waals surface area contributed by atoms with Crippen molar-refractivity contribution in [3.8, 4) is 0 Å². The van der Waals surface area contributed by atoms with Crippen LogP contribution in [-0.2, 0) is 0 Å². The highest BCUT2D eigenvalue weighted by atomic mass is 79.9. The zero-order valence-electron chi connectivity index (χ0n) is 8.34. The standard InChI is InChI=1S/C11H6BrClFNOS/c12-9-4-6(5-17-9)11(16)15-8-3-1-2-7(13)10(8)14/h1-5H,(H,15,16). The summed E-state index contributed by atoms with van der Waals surface area (Å²) < 4.78 is 14.4. The van der Waals surface area contributed by atoms with Gasteiger partial charge in [0.05, 0.1) is 20.1 Å². The van der Waals surface area contributed by atoms with Gasteiger partial charge in [0.25, 0.3) is 5.91 Å². The lowest BCUT2D eigenvalue weighted by Crippen LogP contribution is -2.12. The van der Waals surface area contributed by atoms with Gasteiger partial charge in [-0.2, -0.15) is 0 Å². The molecule has 1 heterocycles. The maximum atomic E-state index is 13.5. The summed E-state index contributed by atoms with van der Waals surface area (Å²) in [4.78, 5) is 11.8. The lowest BCUT2D eigenvalue weighted by atomic mass is 10.2. The largest absolute Gasteiger partial charge is 0.319 e. The Bertz CT molecular complexity index is 572. The van der Waals surface area contributed by atoms with Gasteiger partial charge in [0.15, 0.2) is 5.82 Å². The summed E-state index contributed by atoms with van der Waals surface area (Å²) in [6.07, 6.45) is 0. The third-order valence-electron chi connectivity index (χ3n) is 2.03. The number of thiophene rings is 1. The molecule has 6 heteroatoms. The molecule has 2 nitrogen and oxygen atoms in total. The fourth-order valence-electron chi connectivity index (χ4n) is 1.22. The van der Waals surface area contributed by atoms with Crippen LogP contribution in [0.2, 0.25) is 5.02 Å². The molecule has 0 saturated heterocycles. The van der Waals surface area contributed by atoms with Crippen molar-refractivity contribution in [2.45, 2.75) is 0 Å². The van der Waals surface area contributed by atoms with E-state index in [1.807, 2.05) is 0 Å². The average molecular weight is 335 g/mol. The Hall–Kier alpha value is -0.910. The average Bonchev–Trinajstić information content (AvgIpc) is 2.72. The Kier molecular flexibility index (Phi) is 3.81. The SMILES string of the molecule is O=C(Nc1cccc(Cl)c1F)c1csc(Br)c1. The van der Waals surface area contributed by atoms with E-state index >= 15 is 0 Å². The molecule has 0 bridgehead atoms. The van der Waals surface area contributed by atoms with Crippen LogP contribution in [0.15, 0.2) is 33.4 Å². The van der Waals surface area contributed by atoms with Crippen molar-refractivity contribution in [3.05, 3.63) is 49.8 Å². The molecule has 0 fully saturated rings. The van der Waals surface area contributed by atoms with Gasteiger partial charge in [-0.15, -0.1) is 11.3 Å². The van der Waals surface area contributed by atoms with Gasteiger partial charge in [0.2, 0.25) is 0 Å². The van der Waals surface area contributed by atoms with Crippen molar-refractivity contribution in [1.29, 1.82) is 0 Å². The lowest BCUT2D eigenvalue weighted by molar-refractivity contribution is 0.102. The Morgan fingerprint density at radius 1 is 1.47 bits per heavy atom. The first-order valence-corrected chi connectivity index (χ1v) is 6.62. The topological polar surface area (TPSA) is 29.1 Å². The molecular weight excluding hydrogens is 329 g/mol. The van der Waals surface area contributed by atoms with E-state index in [0.717, 1.165) is 3.79 Å². The van der Waals surface area contributed by atoms with Crippen molar-refractivity contribution >= 4 is 50.5 Å². The Labute approximate surface area is 115 Å². The molecule has 1 aromatic heterocycles. The van der Waals surface area contributed by atoms with E-state index in [0.29, 0.717) is 5.56 Å². The van der Waals surface area contributed by atoms with E-state index < -0.39 is 5.82 Å². The van der Waals surface area contributed by atoms with Crippen LogP contribution in [0.3, 0.4) is 0 Å². The van der Waals surface area contributed by atoms with Crippen LogP contribution < -0.4 is 5.32 Å². The summed E-state index contributed by atoms with van der Waals surface area (Å²) in [5, 5.41) is 4.13. The number of amides is 1. The second-order valence-electron chi connectivity index (χ2n) is 3.19. The number of hydrogen-bond acceptors (Lipinski definition) is 2. The van der Waals surface area contributed by atoms with Crippen molar-refractivity contribution < 1.29 is 9.18 Å². The van der Waals surface area contributed by atoms with Gasteiger partial charge < -0.3 is 5.32 Å². The Balaban J connectivity index is 2.21. The van der Waals surface area contributed by atoms with Crippen LogP contribution in [0.4, 0.5) is 10.1 Å². The molecule has 0 atom stereocenters. The highest BCUT2D eigenvalue weighted by Crippen LogP contribution is 2.24. The molecule has 0 aliphatic heterocycles. The summed E-state index contributed by atoms with van der Waals surface area (Å²) in [5.41, 5.74) is 0.547. The molecule has 0 aliphatic carbocycles. The molecule has 0 radical (unpaired) electrons. The first kappa shape index (κ1) is 12.5. The maximum absolute atomic E-state index is 13.5. The molecule has 0 saturated carbocycles. The van der Waals surface area contributed by atoms with Crippen LogP contribution in [0.5, 0.6) is 0 Å². The number of hydrogen-bond donors (Lipinski definition) is 1. The molecule has 17 heavy (non-hydrogen) atoms. The van der Waals surface area contributed by atoms with Gasteiger partial charge in [-0.05, 0) is 34.1 Å². The molecule has 1 aromatic carbocycles. The zero-order valence-corrected chi connectivity index (χ0v) is 11.5. The molecule has 2 rings (SSSR count). The van der Waals surface area contributed by atoms with Gasteiger partial charge in [-0.3, -0.25) is 4.79 Å². The third-order valence-corrected chi connectivity index (χ3v) is 3.83. The van der Waals surface area contributed by atoms with E-state index in [2.05, 4.69) is 21.2 Å². The first-order chi connectivity index (χ1) is 8.08. The van der Waals surface area contributed by atoms with Crippen LogP contribution >= 0.6 is 38.9 Å². The Morgan fingerprint density at radius 2 is 2.24 bits per heavy atom. The molecular formula is C11H6BrClFNOS. The second kappa shape index (κ2) is 5.16. The highest BCUT2D eigenvalue weighted by molar-refractivity contribution is 9.11. The van der Waals surface area contributed by atoms with Crippen LogP contribution in [0.25, 0.3) is 0 Å². The number of halogens is 3. The van der Waals surface area contributed by atoms with Crippen molar-refractivity contribution in [1.82, 2.24) is 0 Å². The van der Waals surface area contributed by atoms with E-state index in [4.69, 9.17) is 11.6 Å². The number of benzene rings is 1. The predicted octanol–water partition coefficient (Wildman–Crippen LogP) is 4.56. The number of rotatable bonds is 2. The minimum Gasteiger partial charge on any atom is -0.319 e. The van der Waals surface area contributed by atoms with Crippen molar-refractivity contribution in [3.63, 3.8) is 0 Å². The van der Waals surface area contributed by atoms with Crippen molar-refractivity contribution in [2.75, 3.05) is 5.32 Å². The highest BCUT2D eigenvalue weighted by Gasteiger charge is 2.12. The lowest BCUT2D eigenvalue weighted by Gasteiger charge is -2.05. The maximum Gasteiger partial charge on any atom is 0.256 e. The zero-order chi connectivity index (χ0) is 12.4. The van der Waals surface area contributed by atoms with Gasteiger partial charge in [0.1, 0.15) is 0 Å². The number of carbonyl (C=O) groups excluding carboxylic acids is 1. The first-order valence-electron chi connectivity index (χ1n) is 4.57. The molecule has 0 unspecified atom stereocenters. The van der Waals surface area contributed by atoms with E-state index in [1.165, 1.54) is 23.5 Å². The number of carbonyl (C=O) groups is 1. The summed E-state index contributed by atoms with van der Waals surface area (Å²) >= 11 is 10.3. The molecule has 1 N–H and O–H groups in total. The van der Waals surface area contributed by atoms with Crippen molar-refractivity contribution in [2.24, 2.45) is 0 Å². The predicted molar refractivity (Wildman–Crippen MR) is 71.4 cm³/mol. The van der Waals surface area contributed by atoms with Gasteiger partial charge in [0, 0.05) is 5.38 Å². The van der Waals surface area contributed by atoms with E-state index in [-0.39, 0.29) is 16.6 Å². The van der Waals surface area contributed by atoms with Gasteiger partial charge >= 0.3 is 0 Å². The van der Waals surface area contributed by atoms with Crippen LogP contribution in [-0.4, -0.2) is 5.91 Å². The monoisotopic (exact) mass is 333 g/mol. The smallest absolute Gasteiger partial charge is 0.256 e. The number of anilines is 1. The number of nitrogens with one attached hydrogen (secondary N) is 1. The third kappa shape index (κ3) is 2.86.